The predicted molar refractivity (Wildman–Crippen MR) is 248 cm³/mol. The van der Waals surface area contributed by atoms with Crippen molar-refractivity contribution in [1.82, 2.24) is 0 Å². The molecular weight excluding hydrogens is 1040 g/mol. The predicted octanol–water partition coefficient (Wildman–Crippen LogP) is 18.1. The molecule has 0 unspecified atom stereocenters. The summed E-state index contributed by atoms with van der Waals surface area (Å²) in [7, 11) is 0. The Labute approximate surface area is 418 Å². The minimum atomic E-state index is -4.86. The molecule has 368 valence electrons. The van der Waals surface area contributed by atoms with Gasteiger partial charge in [0, 0.05) is 0 Å². The van der Waals surface area contributed by atoms with Crippen LogP contribution in [0.1, 0.15) is 97.6 Å². The molecule has 10 rings (SSSR count). The van der Waals surface area contributed by atoms with Crippen molar-refractivity contribution >= 4 is 53.2 Å². The van der Waals surface area contributed by atoms with Crippen molar-refractivity contribution < 1.29 is 76.0 Å². The Morgan fingerprint density at radius 3 is 1.01 bits per heavy atom. The quantitative estimate of drug-likeness (QED) is 0.0886. The number of hydrogen-bond acceptors (Lipinski definition) is 0. The summed E-state index contributed by atoms with van der Waals surface area (Å²) in [6.07, 6.45) is -5.28. The van der Waals surface area contributed by atoms with Gasteiger partial charge in [-0.3, -0.25) is 0 Å². The van der Waals surface area contributed by atoms with E-state index in [1.807, 2.05) is 36.4 Å². The molecule has 0 nitrogen and oxygen atoms in total. The Balaban J connectivity index is 0.000000271. The molecule has 6 aromatic rings. The summed E-state index contributed by atoms with van der Waals surface area (Å²) in [5.41, 5.74) is -1.63. The van der Waals surface area contributed by atoms with Gasteiger partial charge in [-0.25, -0.2) is 0 Å². The topological polar surface area (TPSA) is 0 Å². The third-order valence-electron chi connectivity index (χ3n) is 14.4. The zero-order valence-electron chi connectivity index (χ0n) is 37.2. The third kappa shape index (κ3) is 12.2. The first-order valence-corrected chi connectivity index (χ1v) is 25.5. The van der Waals surface area contributed by atoms with Crippen LogP contribution in [0.4, 0.5) is 52.7 Å². The van der Waals surface area contributed by atoms with Gasteiger partial charge in [0.05, 0.1) is 22.3 Å². The Bertz CT molecular complexity index is 2410. The van der Waals surface area contributed by atoms with Gasteiger partial charge in [0.2, 0.25) is 0 Å². The van der Waals surface area contributed by atoms with Crippen LogP contribution in [0, 0.1) is 37.5 Å². The molecule has 4 fully saturated rings. The maximum absolute atomic E-state index is 13.3. The minimum absolute atomic E-state index is 0. The maximum atomic E-state index is 13.3. The van der Waals surface area contributed by atoms with Crippen molar-refractivity contribution in [3.8, 4) is 22.3 Å². The Morgan fingerprint density at radius 2 is 0.765 bits per heavy atom. The molecule has 16 heteroatoms. The summed E-state index contributed by atoms with van der Waals surface area (Å²) in [6, 6.07) is 21.9. The van der Waals surface area contributed by atoms with Crippen LogP contribution in [0.15, 0.2) is 97.1 Å². The van der Waals surface area contributed by atoms with E-state index in [1.165, 1.54) is 87.5 Å². The molecule has 4 aliphatic carbocycles. The molecule has 0 amide bonds. The van der Waals surface area contributed by atoms with Crippen LogP contribution in [0.2, 0.25) is 0 Å². The molecule has 2 radical (unpaired) electrons. The van der Waals surface area contributed by atoms with E-state index in [4.69, 9.17) is 0 Å². The van der Waals surface area contributed by atoms with Crippen molar-refractivity contribution in [1.29, 1.82) is 0 Å². The van der Waals surface area contributed by atoms with Crippen LogP contribution < -0.4 is 0 Å². The third-order valence-corrected chi connectivity index (χ3v) is 14.4. The van der Waals surface area contributed by atoms with Crippen LogP contribution in [0.3, 0.4) is 0 Å². The van der Waals surface area contributed by atoms with Gasteiger partial charge >= 0.3 is 54.9 Å². The van der Waals surface area contributed by atoms with Gasteiger partial charge in [-0.2, -0.15) is 64.8 Å². The first kappa shape index (κ1) is 57.5. The summed E-state index contributed by atoms with van der Waals surface area (Å²) >= 11 is 1.36. The molecule has 6 aromatic carbocycles. The number of benzene rings is 4. The van der Waals surface area contributed by atoms with E-state index in [2.05, 4.69) is 6.88 Å². The van der Waals surface area contributed by atoms with E-state index in [9.17, 15) is 52.7 Å². The average Bonchev–Trinajstić information content (AvgIpc) is 4.11. The van der Waals surface area contributed by atoms with E-state index in [0.717, 1.165) is 70.8 Å². The second-order valence-corrected chi connectivity index (χ2v) is 18.6. The van der Waals surface area contributed by atoms with Crippen LogP contribution in [-0.2, 0) is 60.9 Å². The fourth-order valence-corrected chi connectivity index (χ4v) is 11.5. The molecule has 68 heavy (non-hydrogen) atoms. The molecule has 4 bridgehead atoms. The fraction of sp³-hybridized carbons (Fsp3) is 0.385. The molecule has 0 atom stereocenters. The molecule has 0 aliphatic heterocycles. The summed E-state index contributed by atoms with van der Waals surface area (Å²) in [6.45, 7) is 3.06. The number of fused-ring (bicyclic) bond motifs is 6. The van der Waals surface area contributed by atoms with Crippen LogP contribution in [0.5, 0.6) is 0 Å². The van der Waals surface area contributed by atoms with Gasteiger partial charge in [-0.15, -0.1) is 93.9 Å². The van der Waals surface area contributed by atoms with E-state index in [0.29, 0.717) is 32.7 Å². The van der Waals surface area contributed by atoms with Crippen LogP contribution in [-0.4, -0.2) is 6.88 Å². The van der Waals surface area contributed by atoms with Crippen molar-refractivity contribution in [3.63, 3.8) is 0 Å². The zero-order valence-corrected chi connectivity index (χ0v) is 42.3. The standard InChI is InChI=1S/2C25H21F6.2CH3.2ClH.Si.Zr/c2*26-24(27,28)19-10-18(11-20(12-19)25(29,30)31)21-3-1-2-17-8-16(9-22(17)21)14-23-6-4-15(13-23)5-7-23;;;;;;/h2*1-3,8-12,15H,4-7,13-14H2;2*1H3;2*1H;;/q4*-1;;;;. The van der Waals surface area contributed by atoms with Gasteiger partial charge in [0.25, 0.3) is 0 Å². The molecule has 0 N–H and O–H groups in total. The van der Waals surface area contributed by atoms with Crippen molar-refractivity contribution in [2.45, 2.75) is 102 Å². The molecule has 0 saturated heterocycles. The SMILES string of the molecule is Cl.Cl.FC(F)(F)c1cc(-c2cccc3[cH-]c(CC45CCC(CC4)C5)cc23)cc(C(F)(F)F)c1.FC(F)(F)c1cc(-c2cccc3[cH-]c(CC45CCC(CC4)C5)cc23)cc(C(F)(F)F)c1.[CH3-].[CH3-].[Si]=[Zr]. The van der Waals surface area contributed by atoms with Gasteiger partial charge < -0.3 is 14.9 Å². The normalized spacial score (nSPS) is 21.7. The molecule has 0 aromatic heterocycles. The number of halogens is 14. The van der Waals surface area contributed by atoms with E-state index in [-0.39, 0.29) is 62.9 Å². The van der Waals surface area contributed by atoms with Crippen LogP contribution in [0.25, 0.3) is 43.8 Å². The van der Waals surface area contributed by atoms with E-state index >= 15 is 0 Å². The first-order chi connectivity index (χ1) is 30.0. The molecule has 4 aliphatic rings. The zero-order chi connectivity index (χ0) is 46.0. The number of rotatable bonds is 6. The van der Waals surface area contributed by atoms with Gasteiger partial charge in [-0.05, 0) is 147 Å². The molecular formula is C52H50Cl2F12SiZr-4. The Kier molecular flexibility index (Phi) is 18.1. The Morgan fingerprint density at radius 1 is 0.471 bits per heavy atom. The van der Waals surface area contributed by atoms with Crippen molar-refractivity contribution in [3.05, 3.63) is 145 Å². The number of alkyl halides is 12. The first-order valence-electron chi connectivity index (χ1n) is 21.3. The second-order valence-electron chi connectivity index (χ2n) is 18.6. The van der Waals surface area contributed by atoms with Gasteiger partial charge in [0.15, 0.2) is 0 Å². The Hall–Kier alpha value is -3.06. The average molecular weight is 1090 g/mol. The van der Waals surface area contributed by atoms with Crippen LogP contribution >= 0.6 is 24.8 Å². The molecule has 0 heterocycles. The van der Waals surface area contributed by atoms with Crippen molar-refractivity contribution in [2.24, 2.45) is 22.7 Å². The number of hydrogen-bond donors (Lipinski definition) is 0. The second kappa shape index (κ2) is 21.3. The van der Waals surface area contributed by atoms with Gasteiger partial charge in [-0.1, -0.05) is 23.3 Å². The van der Waals surface area contributed by atoms with Gasteiger partial charge in [0.1, 0.15) is 0 Å². The monoisotopic (exact) mass is 1090 g/mol. The van der Waals surface area contributed by atoms with E-state index < -0.39 is 47.0 Å². The summed E-state index contributed by atoms with van der Waals surface area (Å²) < 4.78 is 160. The summed E-state index contributed by atoms with van der Waals surface area (Å²) in [5, 5.41) is 3.10. The van der Waals surface area contributed by atoms with E-state index in [1.54, 1.807) is 24.3 Å². The summed E-state index contributed by atoms with van der Waals surface area (Å²) in [5.74, 6) is 1.62. The molecule has 0 spiro atoms. The van der Waals surface area contributed by atoms with Crippen molar-refractivity contribution in [2.75, 3.05) is 0 Å². The summed E-state index contributed by atoms with van der Waals surface area (Å²) in [4.78, 5) is 0. The molecule has 4 saturated carbocycles. The fourth-order valence-electron chi connectivity index (χ4n) is 11.5.